The fraction of sp³-hybridized carbons (Fsp3) is 0.118. The highest BCUT2D eigenvalue weighted by Gasteiger charge is 2.25. The molecule has 0 atom stereocenters. The van der Waals surface area contributed by atoms with Crippen LogP contribution in [-0.4, -0.2) is 27.6 Å². The predicted octanol–water partition coefficient (Wildman–Crippen LogP) is 4.33. The van der Waals surface area contributed by atoms with Crippen molar-refractivity contribution >= 4 is 44.2 Å². The van der Waals surface area contributed by atoms with Gasteiger partial charge in [0.25, 0.3) is 0 Å². The first-order chi connectivity index (χ1) is 12.4. The first-order valence-corrected chi connectivity index (χ1v) is 9.43. The molecule has 6 nitrogen and oxygen atoms in total. The predicted molar refractivity (Wildman–Crippen MR) is 99.1 cm³/mol. The Morgan fingerprint density at radius 1 is 1.00 bits per heavy atom. The Labute approximate surface area is 160 Å². The molecule has 0 aliphatic heterocycles. The molecule has 0 N–H and O–H groups in total. The van der Waals surface area contributed by atoms with Crippen LogP contribution in [0.5, 0.6) is 17.2 Å². The van der Waals surface area contributed by atoms with Crippen molar-refractivity contribution < 1.29 is 22.1 Å². The summed E-state index contributed by atoms with van der Waals surface area (Å²) in [5.74, 6) is 0.411. The standard InChI is InChI=1S/C17H13Cl2NO5S/c1-23-10-5-6-15(14(8-10)24-2)26(21,22)25-17-13(19)9-12(18)11-4-3-7-20-16(11)17/h3-9H,1-2H3. The Morgan fingerprint density at radius 2 is 1.77 bits per heavy atom. The Kier molecular flexibility index (Phi) is 5.13. The number of rotatable bonds is 5. The highest BCUT2D eigenvalue weighted by Crippen LogP contribution is 2.39. The number of nitrogens with zero attached hydrogens (tertiary/aromatic N) is 1. The van der Waals surface area contributed by atoms with E-state index in [0.717, 1.165) is 0 Å². The molecule has 0 aliphatic rings. The Bertz CT molecular complexity index is 1090. The third kappa shape index (κ3) is 3.38. The first-order valence-electron chi connectivity index (χ1n) is 7.26. The van der Waals surface area contributed by atoms with Gasteiger partial charge in [0.1, 0.15) is 21.9 Å². The molecule has 3 aromatic rings. The lowest BCUT2D eigenvalue weighted by atomic mass is 10.2. The van der Waals surface area contributed by atoms with Gasteiger partial charge in [0, 0.05) is 17.6 Å². The number of aromatic nitrogens is 1. The summed E-state index contributed by atoms with van der Waals surface area (Å²) in [6.45, 7) is 0. The topological polar surface area (TPSA) is 74.7 Å². The summed E-state index contributed by atoms with van der Waals surface area (Å²) < 4.78 is 41.1. The van der Waals surface area contributed by atoms with E-state index in [2.05, 4.69) is 4.98 Å². The van der Waals surface area contributed by atoms with Crippen LogP contribution in [0.25, 0.3) is 10.9 Å². The normalized spacial score (nSPS) is 11.4. The lowest BCUT2D eigenvalue weighted by Crippen LogP contribution is -2.12. The number of fused-ring (bicyclic) bond motifs is 1. The Balaban J connectivity index is 2.13. The summed E-state index contributed by atoms with van der Waals surface area (Å²) in [5.41, 5.74) is 0.237. The van der Waals surface area contributed by atoms with Gasteiger partial charge in [-0.3, -0.25) is 4.98 Å². The van der Waals surface area contributed by atoms with Gasteiger partial charge in [-0.15, -0.1) is 0 Å². The van der Waals surface area contributed by atoms with Crippen molar-refractivity contribution in [1.29, 1.82) is 0 Å². The largest absolute Gasteiger partial charge is 0.497 e. The van der Waals surface area contributed by atoms with Gasteiger partial charge in [0.2, 0.25) is 0 Å². The monoisotopic (exact) mass is 413 g/mol. The Morgan fingerprint density at radius 3 is 2.46 bits per heavy atom. The zero-order valence-electron chi connectivity index (χ0n) is 13.7. The molecule has 136 valence electrons. The molecule has 0 fully saturated rings. The summed E-state index contributed by atoms with van der Waals surface area (Å²) in [6, 6.07) is 9.02. The van der Waals surface area contributed by atoms with Crippen LogP contribution in [0.3, 0.4) is 0 Å². The second-order valence-electron chi connectivity index (χ2n) is 5.12. The van der Waals surface area contributed by atoms with E-state index in [1.54, 1.807) is 12.1 Å². The van der Waals surface area contributed by atoms with Gasteiger partial charge >= 0.3 is 10.1 Å². The maximum absolute atomic E-state index is 12.8. The van der Waals surface area contributed by atoms with Crippen molar-refractivity contribution in [2.45, 2.75) is 4.90 Å². The molecule has 9 heteroatoms. The van der Waals surface area contributed by atoms with Crippen molar-refractivity contribution in [3.8, 4) is 17.2 Å². The van der Waals surface area contributed by atoms with Gasteiger partial charge in [-0.25, -0.2) is 0 Å². The fourth-order valence-corrected chi connectivity index (χ4v) is 4.06. The van der Waals surface area contributed by atoms with Crippen LogP contribution in [0.15, 0.2) is 47.5 Å². The zero-order valence-corrected chi connectivity index (χ0v) is 16.0. The lowest BCUT2D eigenvalue weighted by molar-refractivity contribution is 0.383. The van der Waals surface area contributed by atoms with Crippen LogP contribution in [0, 0.1) is 0 Å². The molecule has 0 amide bonds. The molecular weight excluding hydrogens is 401 g/mol. The second-order valence-corrected chi connectivity index (χ2v) is 7.45. The summed E-state index contributed by atoms with van der Waals surface area (Å²) >= 11 is 12.3. The van der Waals surface area contributed by atoms with E-state index in [1.807, 2.05) is 0 Å². The average Bonchev–Trinajstić information content (AvgIpc) is 2.64. The van der Waals surface area contributed by atoms with Crippen molar-refractivity contribution in [2.24, 2.45) is 0 Å². The van der Waals surface area contributed by atoms with Crippen molar-refractivity contribution in [1.82, 2.24) is 4.98 Å². The van der Waals surface area contributed by atoms with Crippen LogP contribution in [0.2, 0.25) is 10.0 Å². The maximum Gasteiger partial charge on any atom is 0.343 e. The molecule has 26 heavy (non-hydrogen) atoms. The van der Waals surface area contributed by atoms with E-state index in [4.69, 9.17) is 36.9 Å². The van der Waals surface area contributed by atoms with Crippen LogP contribution >= 0.6 is 23.2 Å². The summed E-state index contributed by atoms with van der Waals surface area (Å²) in [7, 11) is -1.45. The van der Waals surface area contributed by atoms with E-state index < -0.39 is 10.1 Å². The van der Waals surface area contributed by atoms with Gasteiger partial charge in [0.05, 0.1) is 24.3 Å². The lowest BCUT2D eigenvalue weighted by Gasteiger charge is -2.14. The highest BCUT2D eigenvalue weighted by molar-refractivity contribution is 7.87. The number of pyridine rings is 1. The summed E-state index contributed by atoms with van der Waals surface area (Å²) in [4.78, 5) is 3.97. The minimum atomic E-state index is -4.26. The summed E-state index contributed by atoms with van der Waals surface area (Å²) in [5, 5.41) is 0.882. The van der Waals surface area contributed by atoms with E-state index >= 15 is 0 Å². The molecule has 0 saturated carbocycles. The van der Waals surface area contributed by atoms with Gasteiger partial charge in [-0.2, -0.15) is 8.42 Å². The number of ether oxygens (including phenoxy) is 2. The molecule has 2 aromatic carbocycles. The van der Waals surface area contributed by atoms with Crippen LogP contribution < -0.4 is 13.7 Å². The van der Waals surface area contributed by atoms with Crippen molar-refractivity contribution in [2.75, 3.05) is 14.2 Å². The van der Waals surface area contributed by atoms with Crippen LogP contribution in [-0.2, 0) is 10.1 Å². The number of hydrogen-bond donors (Lipinski definition) is 0. The SMILES string of the molecule is COc1ccc(S(=O)(=O)Oc2c(Cl)cc(Cl)c3cccnc23)c(OC)c1. The molecule has 3 rings (SSSR count). The van der Waals surface area contributed by atoms with Gasteiger partial charge < -0.3 is 13.7 Å². The number of halogens is 2. The molecule has 0 saturated heterocycles. The fourth-order valence-electron chi connectivity index (χ4n) is 2.36. The van der Waals surface area contributed by atoms with Crippen molar-refractivity contribution in [3.63, 3.8) is 0 Å². The zero-order chi connectivity index (χ0) is 18.9. The molecule has 0 bridgehead atoms. The molecule has 1 heterocycles. The number of benzene rings is 2. The van der Waals surface area contributed by atoms with Gasteiger partial charge in [0.15, 0.2) is 5.75 Å². The molecule has 1 aromatic heterocycles. The molecular formula is C17H13Cl2NO5S. The van der Waals surface area contributed by atoms with E-state index in [1.165, 1.54) is 44.7 Å². The van der Waals surface area contributed by atoms with Crippen LogP contribution in [0.1, 0.15) is 0 Å². The minimum Gasteiger partial charge on any atom is -0.497 e. The number of methoxy groups -OCH3 is 2. The molecule has 0 radical (unpaired) electrons. The third-order valence-corrected chi connectivity index (χ3v) is 5.44. The summed E-state index contributed by atoms with van der Waals surface area (Å²) in [6.07, 6.45) is 1.49. The van der Waals surface area contributed by atoms with Crippen molar-refractivity contribution in [3.05, 3.63) is 52.6 Å². The third-order valence-electron chi connectivity index (χ3n) is 3.58. The minimum absolute atomic E-state index is 0.0252. The van der Waals surface area contributed by atoms with Gasteiger partial charge in [-0.05, 0) is 30.3 Å². The highest BCUT2D eigenvalue weighted by atomic mass is 35.5. The van der Waals surface area contributed by atoms with Gasteiger partial charge in [-0.1, -0.05) is 23.2 Å². The van der Waals surface area contributed by atoms with E-state index in [0.29, 0.717) is 16.2 Å². The second kappa shape index (κ2) is 7.19. The van der Waals surface area contributed by atoms with E-state index in [9.17, 15) is 8.42 Å². The average molecular weight is 414 g/mol. The Hall–Kier alpha value is -2.22. The van der Waals surface area contributed by atoms with Crippen LogP contribution in [0.4, 0.5) is 0 Å². The quantitative estimate of drug-likeness (QED) is 0.579. The first kappa shape index (κ1) is 18.6. The maximum atomic E-state index is 12.8. The molecule has 0 unspecified atom stereocenters. The smallest absolute Gasteiger partial charge is 0.343 e. The van der Waals surface area contributed by atoms with E-state index in [-0.39, 0.29) is 26.9 Å². The molecule has 0 aliphatic carbocycles. The molecule has 0 spiro atoms. The number of hydrogen-bond acceptors (Lipinski definition) is 6.